The Morgan fingerprint density at radius 3 is 2.84 bits per heavy atom. The zero-order valence-corrected chi connectivity index (χ0v) is 14.3. The molecule has 0 aromatic carbocycles. The van der Waals surface area contributed by atoms with Crippen LogP contribution in [0.1, 0.15) is 30.1 Å². The molecule has 2 aromatic rings. The van der Waals surface area contributed by atoms with Gasteiger partial charge in [-0.2, -0.15) is 5.10 Å². The SMILES string of the molecule is COC(=O)Cn1ncc(NC(=O)N2CCCC2c2ccncc2)c1C. The van der Waals surface area contributed by atoms with Crippen LogP contribution in [0.3, 0.4) is 0 Å². The van der Waals surface area contributed by atoms with Crippen molar-refractivity contribution >= 4 is 17.7 Å². The minimum Gasteiger partial charge on any atom is -0.468 e. The molecule has 0 aliphatic carbocycles. The van der Waals surface area contributed by atoms with Crippen molar-refractivity contribution in [2.75, 3.05) is 19.0 Å². The number of nitrogens with one attached hydrogen (secondary N) is 1. The van der Waals surface area contributed by atoms with Crippen molar-refractivity contribution in [1.29, 1.82) is 0 Å². The first-order valence-corrected chi connectivity index (χ1v) is 8.17. The van der Waals surface area contributed by atoms with Crippen molar-refractivity contribution in [3.63, 3.8) is 0 Å². The standard InChI is InChI=1S/C17H21N5O3/c1-12-14(10-19-22(12)11-16(23)25-2)20-17(24)21-9-3-4-15(21)13-5-7-18-8-6-13/h5-8,10,15H,3-4,9,11H2,1-2H3,(H,20,24). The highest BCUT2D eigenvalue weighted by molar-refractivity contribution is 5.90. The lowest BCUT2D eigenvalue weighted by molar-refractivity contribution is -0.141. The fourth-order valence-corrected chi connectivity index (χ4v) is 3.04. The summed E-state index contributed by atoms with van der Waals surface area (Å²) in [6.45, 7) is 2.52. The number of urea groups is 1. The van der Waals surface area contributed by atoms with Crippen LogP contribution in [-0.4, -0.2) is 45.3 Å². The number of methoxy groups -OCH3 is 1. The van der Waals surface area contributed by atoms with Crippen LogP contribution in [0.5, 0.6) is 0 Å². The third-order valence-corrected chi connectivity index (χ3v) is 4.46. The number of rotatable bonds is 4. The van der Waals surface area contributed by atoms with Gasteiger partial charge in [0.05, 0.1) is 30.7 Å². The smallest absolute Gasteiger partial charge is 0.327 e. The Bertz CT molecular complexity index is 759. The van der Waals surface area contributed by atoms with Crippen LogP contribution in [-0.2, 0) is 16.1 Å². The second kappa shape index (κ2) is 7.33. The summed E-state index contributed by atoms with van der Waals surface area (Å²) < 4.78 is 6.15. The van der Waals surface area contributed by atoms with Crippen LogP contribution >= 0.6 is 0 Å². The second-order valence-corrected chi connectivity index (χ2v) is 5.94. The van der Waals surface area contributed by atoms with Gasteiger partial charge >= 0.3 is 12.0 Å². The molecular formula is C17H21N5O3. The Morgan fingerprint density at radius 2 is 2.12 bits per heavy atom. The number of anilines is 1. The summed E-state index contributed by atoms with van der Waals surface area (Å²) in [5.74, 6) is -0.388. The average Bonchev–Trinajstić information content (AvgIpc) is 3.25. The van der Waals surface area contributed by atoms with Crippen LogP contribution in [0.15, 0.2) is 30.7 Å². The van der Waals surface area contributed by atoms with Gasteiger partial charge in [0.25, 0.3) is 0 Å². The molecule has 3 rings (SSSR count). The third-order valence-electron chi connectivity index (χ3n) is 4.46. The minimum absolute atomic E-state index is 0.0154. The quantitative estimate of drug-likeness (QED) is 0.859. The number of hydrogen-bond acceptors (Lipinski definition) is 5. The summed E-state index contributed by atoms with van der Waals surface area (Å²) in [5, 5.41) is 7.03. The molecule has 0 spiro atoms. The monoisotopic (exact) mass is 343 g/mol. The molecule has 25 heavy (non-hydrogen) atoms. The topological polar surface area (TPSA) is 89.3 Å². The Balaban J connectivity index is 1.71. The molecule has 132 valence electrons. The number of nitrogens with zero attached hydrogens (tertiary/aromatic N) is 4. The van der Waals surface area contributed by atoms with E-state index in [-0.39, 0.29) is 24.6 Å². The number of amides is 2. The number of pyridine rings is 1. The fourth-order valence-electron chi connectivity index (χ4n) is 3.04. The molecule has 0 saturated carbocycles. The summed E-state index contributed by atoms with van der Waals surface area (Å²) in [4.78, 5) is 30.0. The Morgan fingerprint density at radius 1 is 1.36 bits per heavy atom. The van der Waals surface area contributed by atoms with Crippen LogP contribution < -0.4 is 5.32 Å². The summed E-state index contributed by atoms with van der Waals surface area (Å²) in [5.41, 5.74) is 2.38. The van der Waals surface area contributed by atoms with Gasteiger partial charge in [-0.15, -0.1) is 0 Å². The molecule has 1 aliphatic rings. The fraction of sp³-hybridized carbons (Fsp3) is 0.412. The first-order chi connectivity index (χ1) is 12.1. The molecule has 8 nitrogen and oxygen atoms in total. The van der Waals surface area contributed by atoms with Gasteiger partial charge in [0, 0.05) is 18.9 Å². The van der Waals surface area contributed by atoms with Gasteiger partial charge in [0.15, 0.2) is 0 Å². The first kappa shape index (κ1) is 16.9. The second-order valence-electron chi connectivity index (χ2n) is 5.94. The molecule has 8 heteroatoms. The molecule has 0 bridgehead atoms. The maximum Gasteiger partial charge on any atom is 0.327 e. The van der Waals surface area contributed by atoms with Crippen molar-refractivity contribution in [2.45, 2.75) is 32.4 Å². The van der Waals surface area contributed by atoms with E-state index in [2.05, 4.69) is 20.1 Å². The number of aromatic nitrogens is 3. The maximum absolute atomic E-state index is 12.7. The zero-order chi connectivity index (χ0) is 17.8. The van der Waals surface area contributed by atoms with E-state index in [0.29, 0.717) is 17.9 Å². The van der Waals surface area contributed by atoms with Gasteiger partial charge in [-0.25, -0.2) is 4.79 Å². The van der Waals surface area contributed by atoms with Crippen molar-refractivity contribution < 1.29 is 14.3 Å². The molecule has 2 amide bonds. The Hall–Kier alpha value is -2.90. The van der Waals surface area contributed by atoms with E-state index in [0.717, 1.165) is 18.4 Å². The highest BCUT2D eigenvalue weighted by Gasteiger charge is 2.30. The third kappa shape index (κ3) is 3.62. The molecule has 1 saturated heterocycles. The number of likely N-dealkylation sites (tertiary alicyclic amines) is 1. The lowest BCUT2D eigenvalue weighted by Gasteiger charge is -2.25. The Kier molecular flexibility index (Phi) is 4.97. The number of esters is 1. The maximum atomic E-state index is 12.7. The van der Waals surface area contributed by atoms with Crippen LogP contribution in [0.25, 0.3) is 0 Å². The first-order valence-electron chi connectivity index (χ1n) is 8.17. The van der Waals surface area contributed by atoms with Gasteiger partial charge in [-0.05, 0) is 37.5 Å². The molecule has 1 N–H and O–H groups in total. The summed E-state index contributed by atoms with van der Waals surface area (Å²) in [6, 6.07) is 3.76. The highest BCUT2D eigenvalue weighted by atomic mass is 16.5. The molecule has 1 unspecified atom stereocenters. The molecule has 2 aromatic heterocycles. The number of carbonyl (C=O) groups is 2. The molecule has 1 fully saturated rings. The van der Waals surface area contributed by atoms with E-state index in [1.54, 1.807) is 25.5 Å². The van der Waals surface area contributed by atoms with Crippen LogP contribution in [0, 0.1) is 6.92 Å². The largest absolute Gasteiger partial charge is 0.468 e. The van der Waals surface area contributed by atoms with E-state index in [1.807, 2.05) is 17.0 Å². The highest BCUT2D eigenvalue weighted by Crippen LogP contribution is 2.32. The number of ether oxygens (including phenoxy) is 1. The van der Waals surface area contributed by atoms with Crippen molar-refractivity contribution in [3.05, 3.63) is 42.0 Å². The van der Waals surface area contributed by atoms with Gasteiger partial charge in [-0.1, -0.05) is 0 Å². The van der Waals surface area contributed by atoms with Crippen LogP contribution in [0.2, 0.25) is 0 Å². The van der Waals surface area contributed by atoms with E-state index in [9.17, 15) is 9.59 Å². The van der Waals surface area contributed by atoms with Crippen molar-refractivity contribution in [1.82, 2.24) is 19.7 Å². The lowest BCUT2D eigenvalue weighted by Crippen LogP contribution is -2.34. The van der Waals surface area contributed by atoms with Crippen LogP contribution in [0.4, 0.5) is 10.5 Å². The van der Waals surface area contributed by atoms with Crippen molar-refractivity contribution in [3.8, 4) is 0 Å². The summed E-state index contributed by atoms with van der Waals surface area (Å²) >= 11 is 0. The lowest BCUT2D eigenvalue weighted by atomic mass is 10.1. The Labute approximate surface area is 145 Å². The molecular weight excluding hydrogens is 322 g/mol. The molecule has 3 heterocycles. The minimum atomic E-state index is -0.388. The van der Waals surface area contributed by atoms with E-state index >= 15 is 0 Å². The van der Waals surface area contributed by atoms with Gasteiger partial charge < -0.3 is 15.0 Å². The summed E-state index contributed by atoms with van der Waals surface area (Å²) in [6.07, 6.45) is 6.92. The number of carbonyl (C=O) groups excluding carboxylic acids is 2. The summed E-state index contributed by atoms with van der Waals surface area (Å²) in [7, 11) is 1.33. The van der Waals surface area contributed by atoms with Crippen molar-refractivity contribution in [2.24, 2.45) is 0 Å². The normalized spacial score (nSPS) is 16.7. The average molecular weight is 343 g/mol. The van der Waals surface area contributed by atoms with E-state index in [4.69, 9.17) is 0 Å². The van der Waals surface area contributed by atoms with E-state index in [1.165, 1.54) is 11.8 Å². The molecule has 0 radical (unpaired) electrons. The van der Waals surface area contributed by atoms with Gasteiger partial charge in [0.1, 0.15) is 6.54 Å². The molecule has 1 aliphatic heterocycles. The predicted octanol–water partition coefficient (Wildman–Crippen LogP) is 2.13. The molecule has 1 atom stereocenters. The number of hydrogen-bond donors (Lipinski definition) is 1. The van der Waals surface area contributed by atoms with Gasteiger partial charge in [-0.3, -0.25) is 14.5 Å². The zero-order valence-electron chi connectivity index (χ0n) is 14.3. The predicted molar refractivity (Wildman–Crippen MR) is 90.9 cm³/mol. The van der Waals surface area contributed by atoms with Gasteiger partial charge in [0.2, 0.25) is 0 Å². The van der Waals surface area contributed by atoms with E-state index < -0.39 is 0 Å².